The van der Waals surface area contributed by atoms with Crippen LogP contribution in [0.3, 0.4) is 0 Å². The number of amides is 1. The summed E-state index contributed by atoms with van der Waals surface area (Å²) in [5.41, 5.74) is 1.53. The molecule has 0 saturated heterocycles. The molecule has 1 aromatic rings. The third-order valence-electron chi connectivity index (χ3n) is 1.70. The summed E-state index contributed by atoms with van der Waals surface area (Å²) in [7, 11) is 1.59. The number of halogens is 2. The fourth-order valence-electron chi connectivity index (χ4n) is 1.00. The van der Waals surface area contributed by atoms with Gasteiger partial charge < -0.3 is 5.32 Å². The third kappa shape index (κ3) is 2.23. The van der Waals surface area contributed by atoms with E-state index in [1.807, 2.05) is 6.92 Å². The van der Waals surface area contributed by atoms with E-state index < -0.39 is 0 Å². The van der Waals surface area contributed by atoms with E-state index in [1.165, 1.54) is 0 Å². The van der Waals surface area contributed by atoms with Crippen LogP contribution in [0.1, 0.15) is 15.9 Å². The van der Waals surface area contributed by atoms with Crippen LogP contribution in [-0.2, 0) is 0 Å². The number of rotatable bonds is 1. The Morgan fingerprint density at radius 3 is 2.62 bits per heavy atom. The summed E-state index contributed by atoms with van der Waals surface area (Å²) in [6.45, 7) is 1.89. The van der Waals surface area contributed by atoms with Gasteiger partial charge in [0.1, 0.15) is 0 Å². The minimum absolute atomic E-state index is 0.127. The van der Waals surface area contributed by atoms with Gasteiger partial charge in [-0.15, -0.1) is 0 Å². The van der Waals surface area contributed by atoms with Crippen molar-refractivity contribution in [1.29, 1.82) is 0 Å². The second-order valence-corrected chi connectivity index (χ2v) is 3.87. The lowest BCUT2D eigenvalue weighted by Crippen LogP contribution is -2.17. The number of carbonyl (C=O) groups excluding carboxylic acids is 1. The highest BCUT2D eigenvalue weighted by molar-refractivity contribution is 9.10. The molecule has 0 aliphatic heterocycles. The highest BCUT2D eigenvalue weighted by Crippen LogP contribution is 2.27. The summed E-state index contributed by atoms with van der Waals surface area (Å²) in [5, 5.41) is 3.10. The van der Waals surface area contributed by atoms with Gasteiger partial charge in [-0.1, -0.05) is 11.6 Å². The van der Waals surface area contributed by atoms with E-state index in [4.69, 9.17) is 11.6 Å². The Morgan fingerprint density at radius 1 is 1.54 bits per heavy atom. The molecule has 1 N–H and O–H groups in total. The Hall–Kier alpha value is -0.540. The second-order valence-electron chi connectivity index (χ2n) is 2.67. The van der Waals surface area contributed by atoms with Gasteiger partial charge in [-0.3, -0.25) is 4.79 Å². The minimum atomic E-state index is -0.127. The molecule has 1 amide bonds. The molecule has 0 spiro atoms. The lowest BCUT2D eigenvalue weighted by molar-refractivity contribution is 0.0963. The topological polar surface area (TPSA) is 29.1 Å². The third-order valence-corrected chi connectivity index (χ3v) is 3.28. The zero-order valence-corrected chi connectivity index (χ0v) is 9.66. The molecule has 0 heterocycles. The monoisotopic (exact) mass is 261 g/mol. The Balaban J connectivity index is 3.20. The molecule has 0 aromatic heterocycles. The van der Waals surface area contributed by atoms with Gasteiger partial charge in [-0.2, -0.15) is 0 Å². The maximum Gasteiger partial charge on any atom is 0.251 e. The van der Waals surface area contributed by atoms with Crippen molar-refractivity contribution < 1.29 is 4.79 Å². The van der Waals surface area contributed by atoms with E-state index in [2.05, 4.69) is 21.2 Å². The van der Waals surface area contributed by atoms with E-state index in [0.29, 0.717) is 10.6 Å². The average Bonchev–Trinajstić information content (AvgIpc) is 2.12. The van der Waals surface area contributed by atoms with Crippen molar-refractivity contribution in [1.82, 2.24) is 5.32 Å². The van der Waals surface area contributed by atoms with Gasteiger partial charge in [0.2, 0.25) is 0 Å². The van der Waals surface area contributed by atoms with Crippen molar-refractivity contribution in [3.05, 3.63) is 32.8 Å². The number of nitrogens with one attached hydrogen (secondary N) is 1. The summed E-state index contributed by atoms with van der Waals surface area (Å²) >= 11 is 9.21. The largest absolute Gasteiger partial charge is 0.355 e. The Kier molecular flexibility index (Phi) is 3.33. The van der Waals surface area contributed by atoms with Gasteiger partial charge in [-0.25, -0.2) is 0 Å². The quantitative estimate of drug-likeness (QED) is 0.828. The molecule has 0 unspecified atom stereocenters. The zero-order chi connectivity index (χ0) is 10.0. The standard InChI is InChI=1S/C9H9BrClNO/c1-5-3-6(9(13)12-2)4-7(11)8(5)10/h3-4H,1-2H3,(H,12,13). The zero-order valence-electron chi connectivity index (χ0n) is 7.32. The van der Waals surface area contributed by atoms with Gasteiger partial charge in [0.25, 0.3) is 5.91 Å². The molecule has 1 rings (SSSR count). The molecule has 2 nitrogen and oxygen atoms in total. The van der Waals surface area contributed by atoms with E-state index in [1.54, 1.807) is 19.2 Å². The molecule has 13 heavy (non-hydrogen) atoms. The van der Waals surface area contributed by atoms with Crippen molar-refractivity contribution in [2.75, 3.05) is 7.05 Å². The van der Waals surface area contributed by atoms with Gasteiger partial charge in [0, 0.05) is 17.1 Å². The Bertz CT molecular complexity index is 328. The van der Waals surface area contributed by atoms with Crippen LogP contribution in [0.5, 0.6) is 0 Å². The lowest BCUT2D eigenvalue weighted by Gasteiger charge is -2.05. The molecule has 0 aliphatic rings. The summed E-state index contributed by atoms with van der Waals surface area (Å²) < 4.78 is 0.835. The van der Waals surface area contributed by atoms with Gasteiger partial charge in [0.15, 0.2) is 0 Å². The van der Waals surface area contributed by atoms with E-state index in [-0.39, 0.29) is 5.91 Å². The smallest absolute Gasteiger partial charge is 0.251 e. The predicted molar refractivity (Wildman–Crippen MR) is 57.3 cm³/mol. The Morgan fingerprint density at radius 2 is 2.15 bits per heavy atom. The lowest BCUT2D eigenvalue weighted by atomic mass is 10.1. The first-order valence-electron chi connectivity index (χ1n) is 3.74. The van der Waals surface area contributed by atoms with Crippen LogP contribution in [0.15, 0.2) is 16.6 Å². The predicted octanol–water partition coefficient (Wildman–Crippen LogP) is 2.77. The summed E-state index contributed by atoms with van der Waals surface area (Å²) in [5.74, 6) is -0.127. The highest BCUT2D eigenvalue weighted by Gasteiger charge is 2.08. The average molecular weight is 263 g/mol. The van der Waals surface area contributed by atoms with Crippen molar-refractivity contribution in [3.63, 3.8) is 0 Å². The number of hydrogen-bond acceptors (Lipinski definition) is 1. The molecule has 0 atom stereocenters. The molecule has 0 radical (unpaired) electrons. The van der Waals surface area contributed by atoms with Crippen molar-refractivity contribution in [3.8, 4) is 0 Å². The first-order valence-corrected chi connectivity index (χ1v) is 4.91. The number of benzene rings is 1. The normalized spacial score (nSPS) is 9.85. The molecule has 0 aliphatic carbocycles. The van der Waals surface area contributed by atoms with Crippen molar-refractivity contribution in [2.45, 2.75) is 6.92 Å². The van der Waals surface area contributed by atoms with Crippen LogP contribution in [0.4, 0.5) is 0 Å². The number of aryl methyl sites for hydroxylation is 1. The molecule has 0 fully saturated rings. The van der Waals surface area contributed by atoms with Crippen LogP contribution >= 0.6 is 27.5 Å². The molecule has 0 saturated carbocycles. The molecule has 4 heteroatoms. The van der Waals surface area contributed by atoms with Gasteiger partial charge in [0.05, 0.1) is 5.02 Å². The van der Waals surface area contributed by atoms with E-state index in [0.717, 1.165) is 10.0 Å². The van der Waals surface area contributed by atoms with E-state index >= 15 is 0 Å². The summed E-state index contributed by atoms with van der Waals surface area (Å²) in [6, 6.07) is 3.42. The first-order chi connectivity index (χ1) is 6.06. The van der Waals surface area contributed by atoms with Gasteiger partial charge >= 0.3 is 0 Å². The van der Waals surface area contributed by atoms with Crippen molar-refractivity contribution in [2.24, 2.45) is 0 Å². The van der Waals surface area contributed by atoms with Crippen LogP contribution < -0.4 is 5.32 Å². The molecular weight excluding hydrogens is 253 g/mol. The molecule has 70 valence electrons. The first kappa shape index (κ1) is 10.5. The van der Waals surface area contributed by atoms with E-state index in [9.17, 15) is 4.79 Å². The Labute approximate surface area is 90.4 Å². The van der Waals surface area contributed by atoms with Crippen LogP contribution in [-0.4, -0.2) is 13.0 Å². The van der Waals surface area contributed by atoms with Crippen LogP contribution in [0.25, 0.3) is 0 Å². The summed E-state index contributed by atoms with van der Waals surface area (Å²) in [4.78, 5) is 11.2. The number of carbonyl (C=O) groups is 1. The molecule has 1 aromatic carbocycles. The van der Waals surface area contributed by atoms with Crippen LogP contribution in [0.2, 0.25) is 5.02 Å². The number of hydrogen-bond donors (Lipinski definition) is 1. The minimum Gasteiger partial charge on any atom is -0.355 e. The molecular formula is C9H9BrClNO. The summed E-state index contributed by atoms with van der Waals surface area (Å²) in [6.07, 6.45) is 0. The fourth-order valence-corrected chi connectivity index (χ4v) is 1.50. The highest BCUT2D eigenvalue weighted by atomic mass is 79.9. The fraction of sp³-hybridized carbons (Fsp3) is 0.222. The van der Waals surface area contributed by atoms with Crippen LogP contribution in [0, 0.1) is 6.92 Å². The van der Waals surface area contributed by atoms with Gasteiger partial charge in [-0.05, 0) is 40.5 Å². The van der Waals surface area contributed by atoms with Crippen molar-refractivity contribution >= 4 is 33.4 Å². The maximum absolute atomic E-state index is 11.2. The SMILES string of the molecule is CNC(=O)c1cc(C)c(Br)c(Cl)c1. The maximum atomic E-state index is 11.2. The molecule has 0 bridgehead atoms. The second kappa shape index (κ2) is 4.11.